The number of para-hydroxylation sites is 1. The molecule has 0 bridgehead atoms. The molecular formula is C22H21N5OS. The average Bonchev–Trinajstić information content (AvgIpc) is 3.28. The van der Waals surface area contributed by atoms with Crippen molar-refractivity contribution >= 4 is 40.0 Å². The van der Waals surface area contributed by atoms with Crippen LogP contribution in [-0.2, 0) is 4.79 Å². The van der Waals surface area contributed by atoms with Crippen LogP contribution in [0.4, 0.5) is 5.69 Å². The summed E-state index contributed by atoms with van der Waals surface area (Å²) in [6, 6.07) is 18.3. The van der Waals surface area contributed by atoms with Crippen LogP contribution in [0.3, 0.4) is 0 Å². The molecule has 0 N–H and O–H groups in total. The highest BCUT2D eigenvalue weighted by Crippen LogP contribution is 2.26. The summed E-state index contributed by atoms with van der Waals surface area (Å²) in [6.07, 6.45) is 3.76. The van der Waals surface area contributed by atoms with Crippen LogP contribution >= 0.6 is 11.8 Å². The number of rotatable bonds is 4. The van der Waals surface area contributed by atoms with Crippen LogP contribution in [0.2, 0.25) is 0 Å². The van der Waals surface area contributed by atoms with Gasteiger partial charge in [0.15, 0.2) is 5.65 Å². The van der Waals surface area contributed by atoms with Gasteiger partial charge in [-0.05, 0) is 36.4 Å². The Morgan fingerprint density at radius 1 is 0.931 bits per heavy atom. The third-order valence-electron chi connectivity index (χ3n) is 5.29. The SMILES string of the molecule is O=C(CSc1nc2ncccc2n2cccc12)N1CCN(c2ccccc2)CC1. The van der Waals surface area contributed by atoms with Crippen molar-refractivity contribution in [2.75, 3.05) is 36.8 Å². The fourth-order valence-electron chi connectivity index (χ4n) is 3.76. The van der Waals surface area contributed by atoms with Crippen LogP contribution in [0.25, 0.3) is 16.7 Å². The molecule has 3 aromatic heterocycles. The molecule has 0 atom stereocenters. The molecule has 4 heterocycles. The maximum atomic E-state index is 12.8. The number of thioether (sulfide) groups is 1. The standard InChI is InChI=1S/C22H21N5OS/c28-20(26-14-12-25(13-15-26)17-6-2-1-3-7-17)16-29-22-19-9-5-11-27(19)18-8-4-10-23-21(18)24-22/h1-11H,12-16H2. The lowest BCUT2D eigenvalue weighted by Crippen LogP contribution is -2.49. The smallest absolute Gasteiger partial charge is 0.233 e. The Morgan fingerprint density at radius 2 is 1.72 bits per heavy atom. The molecule has 7 heteroatoms. The van der Waals surface area contributed by atoms with E-state index >= 15 is 0 Å². The molecule has 1 aliphatic rings. The predicted octanol–water partition coefficient (Wildman–Crippen LogP) is 3.32. The predicted molar refractivity (Wildman–Crippen MR) is 116 cm³/mol. The quantitative estimate of drug-likeness (QED) is 0.489. The van der Waals surface area contributed by atoms with Crippen LogP contribution < -0.4 is 4.90 Å². The number of fused-ring (bicyclic) bond motifs is 3. The Morgan fingerprint density at radius 3 is 2.55 bits per heavy atom. The number of carbonyl (C=O) groups excluding carboxylic acids is 1. The normalized spacial score (nSPS) is 14.6. The van der Waals surface area contributed by atoms with Gasteiger partial charge in [-0.2, -0.15) is 0 Å². The third-order valence-corrected chi connectivity index (χ3v) is 6.25. The number of piperazine rings is 1. The Bertz CT molecular complexity index is 1150. The van der Waals surface area contributed by atoms with Crippen LogP contribution in [-0.4, -0.2) is 57.1 Å². The van der Waals surface area contributed by atoms with Crippen molar-refractivity contribution in [3.8, 4) is 0 Å². The van der Waals surface area contributed by atoms with Crippen LogP contribution in [0.15, 0.2) is 72.0 Å². The van der Waals surface area contributed by atoms with Gasteiger partial charge >= 0.3 is 0 Å². The summed E-state index contributed by atoms with van der Waals surface area (Å²) in [7, 11) is 0. The maximum absolute atomic E-state index is 12.8. The second-order valence-electron chi connectivity index (χ2n) is 7.02. The highest BCUT2D eigenvalue weighted by atomic mass is 32.2. The van der Waals surface area contributed by atoms with Crippen molar-refractivity contribution in [1.82, 2.24) is 19.3 Å². The molecule has 1 saturated heterocycles. The zero-order chi connectivity index (χ0) is 19.6. The topological polar surface area (TPSA) is 53.7 Å². The van der Waals surface area contributed by atoms with Gasteiger partial charge in [0.25, 0.3) is 0 Å². The van der Waals surface area contributed by atoms with Crippen LogP contribution in [0.5, 0.6) is 0 Å². The minimum Gasteiger partial charge on any atom is -0.368 e. The van der Waals surface area contributed by atoms with Crippen molar-refractivity contribution in [2.45, 2.75) is 5.03 Å². The van der Waals surface area contributed by atoms with Crippen molar-refractivity contribution in [2.24, 2.45) is 0 Å². The Kier molecular flexibility index (Phi) is 4.81. The molecular weight excluding hydrogens is 382 g/mol. The summed E-state index contributed by atoms with van der Waals surface area (Å²) in [6.45, 7) is 3.23. The second kappa shape index (κ2) is 7.75. The summed E-state index contributed by atoms with van der Waals surface area (Å²) in [5.74, 6) is 0.549. The third kappa shape index (κ3) is 3.53. The molecule has 0 saturated carbocycles. The van der Waals surface area contributed by atoms with Gasteiger partial charge in [0.2, 0.25) is 5.91 Å². The fraction of sp³-hybridized carbons (Fsp3) is 0.227. The Hall–Kier alpha value is -3.06. The van der Waals surface area contributed by atoms with E-state index in [-0.39, 0.29) is 5.91 Å². The van der Waals surface area contributed by atoms with E-state index < -0.39 is 0 Å². The van der Waals surface area contributed by atoms with E-state index in [0.717, 1.165) is 42.2 Å². The van der Waals surface area contributed by atoms with E-state index in [9.17, 15) is 4.79 Å². The first-order valence-corrected chi connectivity index (χ1v) is 10.7. The average molecular weight is 404 g/mol. The second-order valence-corrected chi connectivity index (χ2v) is 7.98. The van der Waals surface area contributed by atoms with Gasteiger partial charge in [0.1, 0.15) is 5.03 Å². The van der Waals surface area contributed by atoms with E-state index in [1.165, 1.54) is 17.4 Å². The van der Waals surface area contributed by atoms with E-state index in [2.05, 4.69) is 38.6 Å². The summed E-state index contributed by atoms with van der Waals surface area (Å²) in [4.78, 5) is 26.2. The number of anilines is 1. The van der Waals surface area contributed by atoms with Gasteiger partial charge in [0, 0.05) is 44.3 Å². The van der Waals surface area contributed by atoms with Crippen molar-refractivity contribution in [3.63, 3.8) is 0 Å². The number of nitrogens with zero attached hydrogens (tertiary/aromatic N) is 5. The molecule has 0 unspecified atom stereocenters. The Labute approximate surface area is 173 Å². The van der Waals surface area contributed by atoms with E-state index in [1.54, 1.807) is 6.20 Å². The number of hydrogen-bond acceptors (Lipinski definition) is 5. The molecule has 6 nitrogen and oxygen atoms in total. The van der Waals surface area contributed by atoms with Gasteiger partial charge in [-0.3, -0.25) is 4.79 Å². The van der Waals surface area contributed by atoms with E-state index in [1.807, 2.05) is 41.4 Å². The largest absolute Gasteiger partial charge is 0.368 e. The molecule has 146 valence electrons. The zero-order valence-corrected chi connectivity index (χ0v) is 16.8. The number of benzene rings is 1. The number of aromatic nitrogens is 3. The molecule has 1 aromatic carbocycles. The summed E-state index contributed by atoms with van der Waals surface area (Å²) in [5.41, 5.74) is 3.90. The number of hydrogen-bond donors (Lipinski definition) is 0. The van der Waals surface area contributed by atoms with Crippen molar-refractivity contribution in [3.05, 3.63) is 67.0 Å². The summed E-state index contributed by atoms with van der Waals surface area (Å²) < 4.78 is 2.08. The van der Waals surface area contributed by atoms with Crippen molar-refractivity contribution in [1.29, 1.82) is 0 Å². The van der Waals surface area contributed by atoms with Gasteiger partial charge in [0.05, 0.1) is 16.8 Å². The monoisotopic (exact) mass is 403 g/mol. The minimum absolute atomic E-state index is 0.162. The highest BCUT2D eigenvalue weighted by Gasteiger charge is 2.22. The first-order chi connectivity index (χ1) is 14.3. The number of pyridine rings is 1. The highest BCUT2D eigenvalue weighted by molar-refractivity contribution is 8.00. The van der Waals surface area contributed by atoms with Crippen LogP contribution in [0.1, 0.15) is 0 Å². The first kappa shape index (κ1) is 18.0. The van der Waals surface area contributed by atoms with Gasteiger partial charge in [-0.25, -0.2) is 9.97 Å². The number of amides is 1. The number of carbonyl (C=O) groups is 1. The molecule has 0 aliphatic carbocycles. The Balaban J connectivity index is 1.26. The van der Waals surface area contributed by atoms with Crippen molar-refractivity contribution < 1.29 is 4.79 Å². The zero-order valence-electron chi connectivity index (χ0n) is 15.9. The van der Waals surface area contributed by atoms with E-state index in [0.29, 0.717) is 11.4 Å². The van der Waals surface area contributed by atoms with Gasteiger partial charge in [-0.15, -0.1) is 0 Å². The first-order valence-electron chi connectivity index (χ1n) is 9.72. The molecule has 0 radical (unpaired) electrons. The lowest BCUT2D eigenvalue weighted by atomic mass is 10.2. The molecule has 0 spiro atoms. The van der Waals surface area contributed by atoms with Crippen LogP contribution in [0, 0.1) is 0 Å². The minimum atomic E-state index is 0.162. The summed E-state index contributed by atoms with van der Waals surface area (Å²) >= 11 is 1.49. The summed E-state index contributed by atoms with van der Waals surface area (Å²) in [5, 5.41) is 0.845. The fourth-order valence-corrected chi connectivity index (χ4v) is 4.67. The maximum Gasteiger partial charge on any atom is 0.233 e. The molecule has 1 aliphatic heterocycles. The molecule has 5 rings (SSSR count). The molecule has 1 fully saturated rings. The van der Waals surface area contributed by atoms with Gasteiger partial charge < -0.3 is 14.2 Å². The molecule has 4 aromatic rings. The van der Waals surface area contributed by atoms with E-state index in [4.69, 9.17) is 4.98 Å². The molecule has 1 amide bonds. The lowest BCUT2D eigenvalue weighted by Gasteiger charge is -2.36. The van der Waals surface area contributed by atoms with Gasteiger partial charge in [-0.1, -0.05) is 30.0 Å². The molecule has 29 heavy (non-hydrogen) atoms. The lowest BCUT2D eigenvalue weighted by molar-refractivity contribution is -0.128.